The van der Waals surface area contributed by atoms with Crippen LogP contribution in [0.25, 0.3) is 78.7 Å². The molecule has 1 aliphatic rings. The first-order valence-corrected chi connectivity index (χ1v) is 19.2. The second kappa shape index (κ2) is 12.6. The van der Waals surface area contributed by atoms with Crippen molar-refractivity contribution in [2.45, 2.75) is 0 Å². The molecule has 51 heavy (non-hydrogen) atoms. The first kappa shape index (κ1) is 30.8. The SMILES string of the molecule is CP1(=O)c2ccccc2-c2ccc(-c3cccc(-c4cccc(-c5cccc(-c6nc(-c7ccccc7)nc(-c7ccccc7)n6)c5)c4)c3)cc21. The molecule has 0 amide bonds. The lowest BCUT2D eigenvalue weighted by Gasteiger charge is -2.12. The average molecular weight is 674 g/mol. The van der Waals surface area contributed by atoms with Gasteiger partial charge < -0.3 is 4.57 Å². The number of hydrogen-bond acceptors (Lipinski definition) is 4. The van der Waals surface area contributed by atoms with Crippen molar-refractivity contribution in [3.63, 3.8) is 0 Å². The summed E-state index contributed by atoms with van der Waals surface area (Å²) in [6.45, 7) is 1.89. The van der Waals surface area contributed by atoms with Crippen LogP contribution in [0.2, 0.25) is 0 Å². The quantitative estimate of drug-likeness (QED) is 0.165. The van der Waals surface area contributed by atoms with Gasteiger partial charge in [-0.05, 0) is 75.4 Å². The number of rotatable bonds is 6. The maximum Gasteiger partial charge on any atom is 0.164 e. The maximum atomic E-state index is 14.0. The van der Waals surface area contributed by atoms with E-state index in [2.05, 4.69) is 97.1 Å². The van der Waals surface area contributed by atoms with Gasteiger partial charge in [-0.1, -0.05) is 152 Å². The Balaban J connectivity index is 1.06. The van der Waals surface area contributed by atoms with Gasteiger partial charge in [0.25, 0.3) is 0 Å². The molecule has 7 aromatic carbocycles. The molecule has 8 aromatic rings. The van der Waals surface area contributed by atoms with Gasteiger partial charge in [-0.2, -0.15) is 0 Å². The van der Waals surface area contributed by atoms with Gasteiger partial charge >= 0.3 is 0 Å². The normalized spacial score (nSPS) is 14.5. The molecule has 2 heterocycles. The Morgan fingerprint density at radius 3 is 1.24 bits per heavy atom. The Hall–Kier alpha value is -6.22. The number of benzene rings is 7. The van der Waals surface area contributed by atoms with Crippen LogP contribution < -0.4 is 10.6 Å². The van der Waals surface area contributed by atoms with Gasteiger partial charge in [-0.15, -0.1) is 0 Å². The molecular formula is C46H32N3OP. The van der Waals surface area contributed by atoms with Crippen LogP contribution in [0.1, 0.15) is 0 Å². The summed E-state index contributed by atoms with van der Waals surface area (Å²) in [6, 6.07) is 60.2. The van der Waals surface area contributed by atoms with E-state index in [0.29, 0.717) is 17.5 Å². The van der Waals surface area contributed by atoms with E-state index < -0.39 is 7.14 Å². The minimum atomic E-state index is -2.66. The van der Waals surface area contributed by atoms with Crippen molar-refractivity contribution in [2.75, 3.05) is 6.66 Å². The molecule has 1 aromatic heterocycles. The van der Waals surface area contributed by atoms with Gasteiger partial charge in [0.05, 0.1) is 0 Å². The van der Waals surface area contributed by atoms with Crippen molar-refractivity contribution in [1.82, 2.24) is 15.0 Å². The fourth-order valence-electron chi connectivity index (χ4n) is 7.03. The van der Waals surface area contributed by atoms with Crippen LogP contribution in [0.15, 0.2) is 176 Å². The summed E-state index contributed by atoms with van der Waals surface area (Å²) in [5.74, 6) is 1.91. The van der Waals surface area contributed by atoms with E-state index in [9.17, 15) is 4.57 Å². The second-order valence-corrected chi connectivity index (χ2v) is 15.8. The molecule has 0 spiro atoms. The molecule has 1 aliphatic heterocycles. The highest BCUT2D eigenvalue weighted by Gasteiger charge is 2.34. The summed E-state index contributed by atoms with van der Waals surface area (Å²) in [4.78, 5) is 14.7. The zero-order chi connectivity index (χ0) is 34.4. The Morgan fingerprint density at radius 2 is 0.706 bits per heavy atom. The molecule has 0 fully saturated rings. The number of hydrogen-bond donors (Lipinski definition) is 0. The molecule has 0 saturated heterocycles. The zero-order valence-corrected chi connectivity index (χ0v) is 28.8. The highest BCUT2D eigenvalue weighted by molar-refractivity contribution is 7.79. The second-order valence-electron chi connectivity index (χ2n) is 13.0. The predicted molar refractivity (Wildman–Crippen MR) is 211 cm³/mol. The van der Waals surface area contributed by atoms with E-state index in [1.807, 2.05) is 85.5 Å². The first-order valence-electron chi connectivity index (χ1n) is 17.0. The minimum Gasteiger partial charge on any atom is -0.314 e. The summed E-state index contributed by atoms with van der Waals surface area (Å²) in [7, 11) is -2.66. The molecular weight excluding hydrogens is 642 g/mol. The van der Waals surface area contributed by atoms with Crippen LogP contribution in [-0.4, -0.2) is 21.6 Å². The lowest BCUT2D eigenvalue weighted by atomic mass is 9.95. The molecule has 4 nitrogen and oxygen atoms in total. The van der Waals surface area contributed by atoms with E-state index in [-0.39, 0.29) is 0 Å². The minimum absolute atomic E-state index is 0.627. The Bertz CT molecular complexity index is 2580. The Labute approximate surface area is 297 Å². The standard InChI is InChI=1S/C46H32N3OP/c1-51(50)42-24-9-8-23-40(42)41-26-25-38(30-43(41)51)36-20-11-18-34(28-36)33-17-10-19-35(27-33)37-21-12-22-39(29-37)46-48-44(31-13-4-2-5-14-31)47-45(49-46)32-15-6-3-7-16-32/h2-30H,1H3. The van der Waals surface area contributed by atoms with Crippen LogP contribution in [0, 0.1) is 0 Å². The van der Waals surface area contributed by atoms with Crippen molar-refractivity contribution >= 4 is 17.8 Å². The lowest BCUT2D eigenvalue weighted by Crippen LogP contribution is -2.08. The molecule has 242 valence electrons. The summed E-state index contributed by atoms with van der Waals surface area (Å²) in [6.07, 6.45) is 0. The van der Waals surface area contributed by atoms with Crippen molar-refractivity contribution in [3.8, 4) is 78.7 Å². The Morgan fingerprint density at radius 1 is 0.333 bits per heavy atom. The lowest BCUT2D eigenvalue weighted by molar-refractivity contribution is 0.591. The van der Waals surface area contributed by atoms with E-state index >= 15 is 0 Å². The fourth-order valence-corrected chi connectivity index (χ4v) is 9.35. The molecule has 0 N–H and O–H groups in total. The summed E-state index contributed by atoms with van der Waals surface area (Å²) in [5.41, 5.74) is 11.5. The molecule has 0 bridgehead atoms. The first-order chi connectivity index (χ1) is 25.0. The molecule has 9 rings (SSSR count). The molecule has 0 aliphatic carbocycles. The summed E-state index contributed by atoms with van der Waals surface area (Å²) >= 11 is 0. The van der Waals surface area contributed by atoms with Crippen molar-refractivity contribution in [2.24, 2.45) is 0 Å². The third-order valence-electron chi connectivity index (χ3n) is 9.66. The monoisotopic (exact) mass is 673 g/mol. The largest absolute Gasteiger partial charge is 0.314 e. The number of aromatic nitrogens is 3. The van der Waals surface area contributed by atoms with Crippen LogP contribution in [0.4, 0.5) is 0 Å². The van der Waals surface area contributed by atoms with Gasteiger partial charge in [-0.3, -0.25) is 0 Å². The maximum absolute atomic E-state index is 14.0. The zero-order valence-electron chi connectivity index (χ0n) is 27.9. The van der Waals surface area contributed by atoms with Crippen LogP contribution in [0.5, 0.6) is 0 Å². The van der Waals surface area contributed by atoms with Crippen molar-refractivity contribution < 1.29 is 4.57 Å². The van der Waals surface area contributed by atoms with Crippen LogP contribution in [-0.2, 0) is 4.57 Å². The molecule has 0 radical (unpaired) electrons. The van der Waals surface area contributed by atoms with E-state index in [0.717, 1.165) is 71.8 Å². The summed E-state index contributed by atoms with van der Waals surface area (Å²) < 4.78 is 14.0. The van der Waals surface area contributed by atoms with Gasteiger partial charge in [0.2, 0.25) is 0 Å². The molecule has 1 unspecified atom stereocenters. The van der Waals surface area contributed by atoms with Crippen LogP contribution >= 0.6 is 7.14 Å². The van der Waals surface area contributed by atoms with E-state index in [1.54, 1.807) is 0 Å². The van der Waals surface area contributed by atoms with E-state index in [1.165, 1.54) is 0 Å². The highest BCUT2D eigenvalue weighted by atomic mass is 31.2. The predicted octanol–water partition coefficient (Wildman–Crippen LogP) is 10.8. The van der Waals surface area contributed by atoms with Crippen molar-refractivity contribution in [3.05, 3.63) is 176 Å². The third kappa shape index (κ3) is 5.70. The number of nitrogens with zero attached hydrogens (tertiary/aromatic N) is 3. The van der Waals surface area contributed by atoms with Crippen molar-refractivity contribution in [1.29, 1.82) is 0 Å². The molecule has 5 heteroatoms. The molecule has 1 atom stereocenters. The highest BCUT2D eigenvalue weighted by Crippen LogP contribution is 2.50. The van der Waals surface area contributed by atoms with Gasteiger partial charge in [0.15, 0.2) is 17.5 Å². The molecule has 0 saturated carbocycles. The summed E-state index contributed by atoms with van der Waals surface area (Å²) in [5, 5.41) is 1.90. The van der Waals surface area contributed by atoms with E-state index in [4.69, 9.17) is 15.0 Å². The van der Waals surface area contributed by atoms with Gasteiger partial charge in [-0.25, -0.2) is 15.0 Å². The van der Waals surface area contributed by atoms with Crippen LogP contribution in [0.3, 0.4) is 0 Å². The van der Waals surface area contributed by atoms with Gasteiger partial charge in [0.1, 0.15) is 7.14 Å². The Kier molecular flexibility index (Phi) is 7.60. The van der Waals surface area contributed by atoms with Gasteiger partial charge in [0, 0.05) is 27.3 Å². The topological polar surface area (TPSA) is 55.7 Å². The fraction of sp³-hybridized carbons (Fsp3) is 0.0217. The number of fused-ring (bicyclic) bond motifs is 3. The smallest absolute Gasteiger partial charge is 0.164 e. The third-order valence-corrected chi connectivity index (χ3v) is 12.3. The average Bonchev–Trinajstić information content (AvgIpc) is 3.44.